The van der Waals surface area contributed by atoms with Crippen molar-refractivity contribution in [3.05, 3.63) is 33.1 Å². The van der Waals surface area contributed by atoms with E-state index in [2.05, 4.69) is 34.1 Å². The van der Waals surface area contributed by atoms with Crippen LogP contribution in [0.3, 0.4) is 0 Å². The van der Waals surface area contributed by atoms with Crippen molar-refractivity contribution in [1.29, 1.82) is 0 Å². The van der Waals surface area contributed by atoms with E-state index < -0.39 is 0 Å². The summed E-state index contributed by atoms with van der Waals surface area (Å²) in [6, 6.07) is 6.22. The van der Waals surface area contributed by atoms with E-state index in [4.69, 9.17) is 0 Å². The number of halogens is 1. The molecule has 0 saturated carbocycles. The molecule has 0 aliphatic carbocycles. The first kappa shape index (κ1) is 9.19. The molecule has 0 spiro atoms. The fourth-order valence-electron chi connectivity index (χ4n) is 1.46. The Morgan fingerprint density at radius 3 is 2.92 bits per heavy atom. The number of hydrogen-bond donors (Lipinski definition) is 1. The van der Waals surface area contributed by atoms with E-state index in [9.17, 15) is 5.11 Å². The molecule has 0 saturated heterocycles. The summed E-state index contributed by atoms with van der Waals surface area (Å²) in [5.41, 5.74) is 2.19. The van der Waals surface area contributed by atoms with Crippen LogP contribution in [-0.4, -0.2) is 5.11 Å². The summed E-state index contributed by atoms with van der Waals surface area (Å²) in [6.45, 7) is 2.14. The molecule has 2 rings (SSSR count). The van der Waals surface area contributed by atoms with Crippen molar-refractivity contribution in [2.45, 2.75) is 13.5 Å². The van der Waals surface area contributed by atoms with E-state index in [0.29, 0.717) is 0 Å². The number of aliphatic hydroxyl groups excluding tert-OH is 1. The summed E-state index contributed by atoms with van der Waals surface area (Å²) in [7, 11) is 0. The van der Waals surface area contributed by atoms with E-state index in [1.807, 2.05) is 6.92 Å². The number of rotatable bonds is 1. The van der Waals surface area contributed by atoms with Gasteiger partial charge in [0.05, 0.1) is 10.4 Å². The SMILES string of the molecule is Cc1ccc2sc(Br)cc2c1CO. The minimum absolute atomic E-state index is 0.117. The molecular formula is C10H9BrOS. The number of hydrogen-bond acceptors (Lipinski definition) is 2. The van der Waals surface area contributed by atoms with E-state index in [-0.39, 0.29) is 6.61 Å². The fourth-order valence-corrected chi connectivity index (χ4v) is 3.02. The van der Waals surface area contributed by atoms with Crippen LogP contribution >= 0.6 is 27.3 Å². The van der Waals surface area contributed by atoms with Gasteiger partial charge in [0.15, 0.2) is 0 Å². The number of fused-ring (bicyclic) bond motifs is 1. The highest BCUT2D eigenvalue weighted by Gasteiger charge is 2.06. The van der Waals surface area contributed by atoms with Crippen LogP contribution in [0.4, 0.5) is 0 Å². The first-order valence-corrected chi connectivity index (χ1v) is 5.61. The number of thiophene rings is 1. The van der Waals surface area contributed by atoms with Crippen LogP contribution < -0.4 is 0 Å². The number of aryl methyl sites for hydroxylation is 1. The lowest BCUT2D eigenvalue weighted by Gasteiger charge is -2.02. The van der Waals surface area contributed by atoms with Gasteiger partial charge < -0.3 is 5.11 Å². The zero-order valence-electron chi connectivity index (χ0n) is 7.17. The van der Waals surface area contributed by atoms with Crippen LogP contribution in [0.2, 0.25) is 0 Å². The van der Waals surface area contributed by atoms with Crippen molar-refractivity contribution in [1.82, 2.24) is 0 Å². The van der Waals surface area contributed by atoms with Gasteiger partial charge in [-0.3, -0.25) is 0 Å². The van der Waals surface area contributed by atoms with Crippen molar-refractivity contribution in [2.24, 2.45) is 0 Å². The van der Waals surface area contributed by atoms with E-state index in [1.54, 1.807) is 11.3 Å². The molecule has 0 amide bonds. The summed E-state index contributed by atoms with van der Waals surface area (Å²) in [5.74, 6) is 0. The zero-order chi connectivity index (χ0) is 9.42. The summed E-state index contributed by atoms with van der Waals surface area (Å²) in [4.78, 5) is 0. The second kappa shape index (κ2) is 3.40. The smallest absolute Gasteiger partial charge is 0.0711 e. The Morgan fingerprint density at radius 2 is 2.23 bits per heavy atom. The van der Waals surface area contributed by atoms with Gasteiger partial charge in [-0.05, 0) is 51.5 Å². The maximum Gasteiger partial charge on any atom is 0.0711 e. The number of aliphatic hydroxyl groups is 1. The van der Waals surface area contributed by atoms with Crippen LogP contribution in [-0.2, 0) is 6.61 Å². The van der Waals surface area contributed by atoms with Gasteiger partial charge in [0, 0.05) is 4.70 Å². The molecule has 0 aliphatic rings. The van der Waals surface area contributed by atoms with Gasteiger partial charge in [0.1, 0.15) is 0 Å². The van der Waals surface area contributed by atoms with Crippen molar-refractivity contribution >= 4 is 37.4 Å². The normalized spacial score (nSPS) is 11.0. The fraction of sp³-hybridized carbons (Fsp3) is 0.200. The third kappa shape index (κ3) is 1.52. The lowest BCUT2D eigenvalue weighted by molar-refractivity contribution is 0.282. The molecule has 13 heavy (non-hydrogen) atoms. The van der Waals surface area contributed by atoms with Crippen LogP contribution in [0, 0.1) is 6.92 Å². The van der Waals surface area contributed by atoms with Crippen molar-refractivity contribution in [3.8, 4) is 0 Å². The molecule has 0 radical (unpaired) electrons. The predicted octanol–water partition coefficient (Wildman–Crippen LogP) is 3.46. The van der Waals surface area contributed by atoms with Crippen LogP contribution in [0.15, 0.2) is 22.0 Å². The maximum absolute atomic E-state index is 9.22. The Kier molecular flexibility index (Phi) is 2.41. The van der Waals surface area contributed by atoms with Gasteiger partial charge in [0.25, 0.3) is 0 Å². The minimum atomic E-state index is 0.117. The molecule has 1 aromatic heterocycles. The Hall–Kier alpha value is -0.380. The molecule has 1 nitrogen and oxygen atoms in total. The van der Waals surface area contributed by atoms with E-state index in [1.165, 1.54) is 10.1 Å². The summed E-state index contributed by atoms with van der Waals surface area (Å²) in [6.07, 6.45) is 0. The average molecular weight is 257 g/mol. The second-order valence-electron chi connectivity index (χ2n) is 2.98. The molecule has 0 fully saturated rings. The Labute approximate surface area is 89.1 Å². The van der Waals surface area contributed by atoms with Crippen LogP contribution in [0.1, 0.15) is 11.1 Å². The van der Waals surface area contributed by atoms with E-state index >= 15 is 0 Å². The summed E-state index contributed by atoms with van der Waals surface area (Å²) >= 11 is 5.15. The highest BCUT2D eigenvalue weighted by atomic mass is 79.9. The van der Waals surface area contributed by atoms with Gasteiger partial charge in [0.2, 0.25) is 0 Å². The maximum atomic E-state index is 9.22. The highest BCUT2D eigenvalue weighted by molar-refractivity contribution is 9.11. The van der Waals surface area contributed by atoms with Crippen molar-refractivity contribution in [2.75, 3.05) is 0 Å². The molecule has 0 atom stereocenters. The average Bonchev–Trinajstić information content (AvgIpc) is 2.45. The molecule has 1 heterocycles. The predicted molar refractivity (Wildman–Crippen MR) is 60.2 cm³/mol. The molecule has 0 bridgehead atoms. The van der Waals surface area contributed by atoms with Gasteiger partial charge >= 0.3 is 0 Å². The van der Waals surface area contributed by atoms with Crippen molar-refractivity contribution in [3.63, 3.8) is 0 Å². The first-order valence-electron chi connectivity index (χ1n) is 4.01. The quantitative estimate of drug-likeness (QED) is 0.829. The monoisotopic (exact) mass is 256 g/mol. The third-order valence-electron chi connectivity index (χ3n) is 2.17. The second-order valence-corrected chi connectivity index (χ2v) is 5.44. The molecule has 0 unspecified atom stereocenters. The van der Waals surface area contributed by atoms with Gasteiger partial charge in [-0.25, -0.2) is 0 Å². The topological polar surface area (TPSA) is 20.2 Å². The van der Waals surface area contributed by atoms with Crippen molar-refractivity contribution < 1.29 is 5.11 Å². The zero-order valence-corrected chi connectivity index (χ0v) is 9.58. The van der Waals surface area contributed by atoms with Crippen LogP contribution in [0.5, 0.6) is 0 Å². The molecule has 68 valence electrons. The van der Waals surface area contributed by atoms with Gasteiger partial charge in [-0.1, -0.05) is 6.07 Å². The summed E-state index contributed by atoms with van der Waals surface area (Å²) in [5, 5.41) is 10.4. The molecule has 1 aromatic carbocycles. The molecule has 1 N–H and O–H groups in total. The van der Waals surface area contributed by atoms with Gasteiger partial charge in [-0.2, -0.15) is 0 Å². The van der Waals surface area contributed by atoms with E-state index in [0.717, 1.165) is 14.9 Å². The lowest BCUT2D eigenvalue weighted by atomic mass is 10.1. The Morgan fingerprint density at radius 1 is 1.46 bits per heavy atom. The molecule has 0 aliphatic heterocycles. The highest BCUT2D eigenvalue weighted by Crippen LogP contribution is 2.33. The minimum Gasteiger partial charge on any atom is -0.392 e. The lowest BCUT2D eigenvalue weighted by Crippen LogP contribution is -1.87. The standard InChI is InChI=1S/C10H9BrOS/c1-6-2-3-9-7(8(6)5-12)4-10(11)13-9/h2-4,12H,5H2,1H3. The van der Waals surface area contributed by atoms with Gasteiger partial charge in [-0.15, -0.1) is 11.3 Å². The van der Waals surface area contributed by atoms with Crippen LogP contribution in [0.25, 0.3) is 10.1 Å². The molecule has 3 heteroatoms. The number of benzene rings is 1. The molecular weight excluding hydrogens is 248 g/mol. The Balaban J connectivity index is 2.82. The largest absolute Gasteiger partial charge is 0.392 e. The Bertz CT molecular complexity index is 447. The third-order valence-corrected chi connectivity index (χ3v) is 3.78. The molecule has 2 aromatic rings. The summed E-state index contributed by atoms with van der Waals surface area (Å²) < 4.78 is 2.34. The first-order chi connectivity index (χ1) is 6.22.